The van der Waals surface area contributed by atoms with E-state index in [1.807, 2.05) is 80.4 Å². The summed E-state index contributed by atoms with van der Waals surface area (Å²) in [6.45, 7) is 3.85. The topological polar surface area (TPSA) is 120 Å². The van der Waals surface area contributed by atoms with Crippen LogP contribution in [-0.2, 0) is 16.0 Å². The number of benzene rings is 3. The number of hydrogen-bond acceptors (Lipinski definition) is 5. The van der Waals surface area contributed by atoms with E-state index in [0.717, 1.165) is 11.1 Å². The van der Waals surface area contributed by atoms with Gasteiger partial charge >= 0.3 is 12.0 Å². The minimum Gasteiger partial charge on any atom is -0.495 e. The lowest BCUT2D eigenvalue weighted by Gasteiger charge is -2.34. The van der Waals surface area contributed by atoms with Crippen LogP contribution in [0.5, 0.6) is 5.75 Å². The number of aliphatic carboxylic acids is 1. The summed E-state index contributed by atoms with van der Waals surface area (Å²) in [7, 11) is 3.32. The highest BCUT2D eigenvalue weighted by Gasteiger charge is 2.26. The number of aryl methyl sites for hydroxylation is 1. The van der Waals surface area contributed by atoms with E-state index in [0.29, 0.717) is 29.1 Å². The summed E-state index contributed by atoms with van der Waals surface area (Å²) in [5, 5.41) is 18.1. The third kappa shape index (κ3) is 8.31. The molecule has 0 saturated carbocycles. The number of amides is 3. The molecule has 0 aliphatic heterocycles. The lowest BCUT2D eigenvalue weighted by Crippen LogP contribution is -2.48. The molecule has 206 valence electrons. The van der Waals surface area contributed by atoms with Crippen molar-refractivity contribution in [2.24, 2.45) is 0 Å². The average molecular weight is 533 g/mol. The van der Waals surface area contributed by atoms with Crippen LogP contribution in [-0.4, -0.2) is 48.2 Å². The fourth-order valence-corrected chi connectivity index (χ4v) is 4.41. The maximum absolute atomic E-state index is 13.0. The van der Waals surface area contributed by atoms with Crippen molar-refractivity contribution in [1.82, 2.24) is 10.2 Å². The second-order valence-corrected chi connectivity index (χ2v) is 9.29. The molecule has 0 fully saturated rings. The summed E-state index contributed by atoms with van der Waals surface area (Å²) < 4.78 is 5.46. The van der Waals surface area contributed by atoms with Crippen LogP contribution in [0.2, 0.25) is 0 Å². The molecule has 9 heteroatoms. The van der Waals surface area contributed by atoms with E-state index in [-0.39, 0.29) is 24.9 Å². The van der Waals surface area contributed by atoms with E-state index in [2.05, 4.69) is 16.0 Å². The highest BCUT2D eigenvalue weighted by molar-refractivity contribution is 6.01. The highest BCUT2D eigenvalue weighted by Crippen LogP contribution is 2.27. The van der Waals surface area contributed by atoms with Crippen molar-refractivity contribution in [3.05, 3.63) is 89.5 Å². The van der Waals surface area contributed by atoms with Crippen LogP contribution in [0.4, 0.5) is 16.2 Å². The number of ether oxygens (including phenoxy) is 1. The summed E-state index contributed by atoms with van der Waals surface area (Å²) in [5.41, 5.74) is 3.69. The SMILES string of the molecule is CCC(NC(=O)Cc1ccc(NC(=O)Nc2ccccc2C)c(OC)c1)N(C)C(CC(=O)O)c1ccccc1. The Hall–Kier alpha value is -4.37. The van der Waals surface area contributed by atoms with Gasteiger partial charge in [0, 0.05) is 11.7 Å². The average Bonchev–Trinajstić information content (AvgIpc) is 2.92. The number of anilines is 2. The number of para-hydroxylation sites is 1. The van der Waals surface area contributed by atoms with Gasteiger partial charge in [-0.25, -0.2) is 4.79 Å². The Labute approximate surface area is 229 Å². The first-order valence-electron chi connectivity index (χ1n) is 12.8. The number of carbonyl (C=O) groups excluding carboxylic acids is 2. The number of carbonyl (C=O) groups is 3. The third-order valence-corrected chi connectivity index (χ3v) is 6.52. The number of nitrogens with zero attached hydrogens (tertiary/aromatic N) is 1. The van der Waals surface area contributed by atoms with Crippen molar-refractivity contribution < 1.29 is 24.2 Å². The van der Waals surface area contributed by atoms with Crippen molar-refractivity contribution in [2.45, 2.75) is 45.3 Å². The van der Waals surface area contributed by atoms with Crippen molar-refractivity contribution >= 4 is 29.3 Å². The number of hydrogen-bond donors (Lipinski definition) is 4. The van der Waals surface area contributed by atoms with E-state index in [4.69, 9.17) is 4.74 Å². The highest BCUT2D eigenvalue weighted by atomic mass is 16.5. The molecule has 3 amide bonds. The first-order valence-corrected chi connectivity index (χ1v) is 12.8. The lowest BCUT2D eigenvalue weighted by atomic mass is 10.0. The number of rotatable bonds is 12. The standard InChI is InChI=1S/C30H36N4O5/c1-5-27(34(3)25(19-29(36)37)22-12-7-6-8-13-22)33-28(35)18-21-15-16-24(26(17-21)39-4)32-30(38)31-23-14-10-9-11-20(23)2/h6-17,25,27H,5,18-19H2,1-4H3,(H,33,35)(H,36,37)(H2,31,32,38). The summed E-state index contributed by atoms with van der Waals surface area (Å²) in [6, 6.07) is 21.2. The largest absolute Gasteiger partial charge is 0.495 e. The molecule has 3 rings (SSSR count). The van der Waals surface area contributed by atoms with E-state index >= 15 is 0 Å². The number of nitrogens with one attached hydrogen (secondary N) is 3. The van der Waals surface area contributed by atoms with Crippen LogP contribution in [0.1, 0.15) is 42.5 Å². The minimum atomic E-state index is -0.912. The van der Waals surface area contributed by atoms with Gasteiger partial charge in [0.2, 0.25) is 5.91 Å². The Morgan fingerprint density at radius 1 is 0.949 bits per heavy atom. The van der Waals surface area contributed by atoms with Crippen molar-refractivity contribution in [2.75, 3.05) is 24.8 Å². The number of carboxylic acids is 1. The molecule has 0 aromatic heterocycles. The lowest BCUT2D eigenvalue weighted by molar-refractivity contribution is -0.138. The molecule has 39 heavy (non-hydrogen) atoms. The monoisotopic (exact) mass is 532 g/mol. The van der Waals surface area contributed by atoms with Gasteiger partial charge in [0.1, 0.15) is 5.75 Å². The van der Waals surface area contributed by atoms with Crippen LogP contribution in [0.25, 0.3) is 0 Å². The van der Waals surface area contributed by atoms with Gasteiger partial charge in [0.25, 0.3) is 0 Å². The van der Waals surface area contributed by atoms with Crippen LogP contribution in [0.3, 0.4) is 0 Å². The van der Waals surface area contributed by atoms with E-state index in [9.17, 15) is 19.5 Å². The van der Waals surface area contributed by atoms with Gasteiger partial charge in [-0.15, -0.1) is 0 Å². The Bertz CT molecular complexity index is 1280. The van der Waals surface area contributed by atoms with Crippen LogP contribution in [0.15, 0.2) is 72.8 Å². The molecule has 9 nitrogen and oxygen atoms in total. The van der Waals surface area contributed by atoms with Gasteiger partial charge in [0.15, 0.2) is 0 Å². The molecular formula is C30H36N4O5. The predicted octanol–water partition coefficient (Wildman–Crippen LogP) is 5.19. The normalized spacial score (nSPS) is 12.3. The van der Waals surface area contributed by atoms with Gasteiger partial charge in [0.05, 0.1) is 31.8 Å². The molecule has 0 aliphatic carbocycles. The van der Waals surface area contributed by atoms with Gasteiger partial charge in [-0.05, 0) is 55.3 Å². The fraction of sp³-hybridized carbons (Fsp3) is 0.300. The molecule has 0 radical (unpaired) electrons. The van der Waals surface area contributed by atoms with Crippen molar-refractivity contribution in [3.8, 4) is 5.75 Å². The molecule has 0 bridgehead atoms. The maximum atomic E-state index is 13.0. The zero-order valence-corrected chi connectivity index (χ0v) is 22.7. The van der Waals surface area contributed by atoms with Gasteiger partial charge in [-0.2, -0.15) is 0 Å². The molecule has 2 unspecified atom stereocenters. The zero-order valence-electron chi connectivity index (χ0n) is 22.7. The zero-order chi connectivity index (χ0) is 28.4. The summed E-state index contributed by atoms with van der Waals surface area (Å²) in [4.78, 5) is 39.0. The first kappa shape index (κ1) is 29.2. The molecule has 0 aliphatic rings. The summed E-state index contributed by atoms with van der Waals surface area (Å²) in [5.74, 6) is -0.698. The minimum absolute atomic E-state index is 0.0873. The Morgan fingerprint density at radius 3 is 2.26 bits per heavy atom. The third-order valence-electron chi connectivity index (χ3n) is 6.52. The van der Waals surface area contributed by atoms with Crippen LogP contribution in [0, 0.1) is 6.92 Å². The molecule has 3 aromatic rings. The van der Waals surface area contributed by atoms with Crippen molar-refractivity contribution in [1.29, 1.82) is 0 Å². The van der Waals surface area contributed by atoms with E-state index in [1.54, 1.807) is 18.2 Å². The molecule has 2 atom stereocenters. The molecule has 4 N–H and O–H groups in total. The van der Waals surface area contributed by atoms with Crippen molar-refractivity contribution in [3.63, 3.8) is 0 Å². The Balaban J connectivity index is 1.66. The molecule has 0 heterocycles. The summed E-state index contributed by atoms with van der Waals surface area (Å²) in [6.07, 6.45) is 0.226. The summed E-state index contributed by atoms with van der Waals surface area (Å²) >= 11 is 0. The van der Waals surface area contributed by atoms with Gasteiger partial charge < -0.3 is 25.8 Å². The second kappa shape index (κ2) is 14.0. The molecular weight excluding hydrogens is 496 g/mol. The Kier molecular flexibility index (Phi) is 10.5. The first-order chi connectivity index (χ1) is 18.7. The molecule has 0 saturated heterocycles. The predicted molar refractivity (Wildman–Crippen MR) is 152 cm³/mol. The van der Waals surface area contributed by atoms with Gasteiger partial charge in [-0.1, -0.05) is 61.5 Å². The molecule has 3 aromatic carbocycles. The Morgan fingerprint density at radius 2 is 1.62 bits per heavy atom. The number of urea groups is 1. The van der Waals surface area contributed by atoms with Gasteiger partial charge in [-0.3, -0.25) is 14.5 Å². The fourth-order valence-electron chi connectivity index (χ4n) is 4.41. The number of methoxy groups -OCH3 is 1. The second-order valence-electron chi connectivity index (χ2n) is 9.29. The smallest absolute Gasteiger partial charge is 0.323 e. The van der Waals surface area contributed by atoms with Crippen LogP contribution < -0.4 is 20.7 Å². The van der Waals surface area contributed by atoms with Crippen LogP contribution >= 0.6 is 0 Å². The molecule has 0 spiro atoms. The maximum Gasteiger partial charge on any atom is 0.323 e. The quantitative estimate of drug-likeness (QED) is 0.238. The van der Waals surface area contributed by atoms with E-state index in [1.165, 1.54) is 7.11 Å². The van der Waals surface area contributed by atoms with E-state index < -0.39 is 18.0 Å². The number of carboxylic acid groups (broad SMARTS) is 1.